The molecule has 0 saturated carbocycles. The minimum Gasteiger partial charge on any atom is -0.494 e. The van der Waals surface area contributed by atoms with Gasteiger partial charge in [0.25, 0.3) is 5.91 Å². The Hall–Kier alpha value is -3.46. The molecule has 0 bridgehead atoms. The number of nitrogens with zero attached hydrogens (tertiary/aromatic N) is 1. The number of anilines is 3. The van der Waals surface area contributed by atoms with Gasteiger partial charge in [-0.2, -0.15) is 5.26 Å². The van der Waals surface area contributed by atoms with Gasteiger partial charge < -0.3 is 21.1 Å². The standard InChI is InChI=1S/C19H20N4O2/c1-3-25-16-7-5-15(6-8-16)23-19(24)14(11-20)12-22-18-10-13(2)4-9-17(18)21/h4-10,12,22H,3,21H2,1-2H3,(H,23,24)/b14-12-. The van der Waals surface area contributed by atoms with E-state index < -0.39 is 5.91 Å². The van der Waals surface area contributed by atoms with Crippen molar-refractivity contribution in [1.82, 2.24) is 0 Å². The number of nitrogen functional groups attached to an aromatic ring is 1. The van der Waals surface area contributed by atoms with Crippen LogP contribution in [0.4, 0.5) is 17.1 Å². The van der Waals surface area contributed by atoms with E-state index in [0.717, 1.165) is 5.56 Å². The first kappa shape index (κ1) is 17.9. The quantitative estimate of drug-likeness (QED) is 0.426. The number of aryl methyl sites for hydroxylation is 1. The van der Waals surface area contributed by atoms with Crippen molar-refractivity contribution in [1.29, 1.82) is 5.26 Å². The zero-order chi connectivity index (χ0) is 18.2. The van der Waals surface area contributed by atoms with Crippen molar-refractivity contribution < 1.29 is 9.53 Å². The lowest BCUT2D eigenvalue weighted by atomic mass is 10.2. The average Bonchev–Trinajstić information content (AvgIpc) is 2.60. The highest BCUT2D eigenvalue weighted by molar-refractivity contribution is 6.06. The van der Waals surface area contributed by atoms with Gasteiger partial charge in [-0.05, 0) is 55.8 Å². The van der Waals surface area contributed by atoms with E-state index in [1.165, 1.54) is 6.20 Å². The zero-order valence-electron chi connectivity index (χ0n) is 14.2. The Morgan fingerprint density at radius 2 is 2.00 bits per heavy atom. The fourth-order valence-electron chi connectivity index (χ4n) is 2.09. The Kier molecular flexibility index (Phi) is 6.02. The van der Waals surface area contributed by atoms with E-state index in [9.17, 15) is 10.1 Å². The number of benzene rings is 2. The number of nitriles is 1. The van der Waals surface area contributed by atoms with Gasteiger partial charge in [-0.1, -0.05) is 6.07 Å². The molecule has 0 fully saturated rings. The lowest BCUT2D eigenvalue weighted by Gasteiger charge is -2.08. The van der Waals surface area contributed by atoms with Gasteiger partial charge >= 0.3 is 0 Å². The summed E-state index contributed by atoms with van der Waals surface area (Å²) in [5, 5.41) is 14.8. The molecule has 0 aromatic heterocycles. The lowest BCUT2D eigenvalue weighted by Crippen LogP contribution is -2.14. The molecule has 128 valence electrons. The van der Waals surface area contributed by atoms with Crippen LogP contribution < -0.4 is 21.1 Å². The maximum atomic E-state index is 12.2. The molecule has 0 aliphatic carbocycles. The van der Waals surface area contributed by atoms with E-state index in [0.29, 0.717) is 29.4 Å². The second-order valence-corrected chi connectivity index (χ2v) is 5.32. The molecule has 1 amide bonds. The molecular formula is C19H20N4O2. The summed E-state index contributed by atoms with van der Waals surface area (Å²) < 4.78 is 5.34. The Bertz CT molecular complexity index is 820. The summed E-state index contributed by atoms with van der Waals surface area (Å²) in [5.41, 5.74) is 8.57. The molecule has 0 aliphatic rings. The molecule has 0 atom stereocenters. The predicted molar refractivity (Wildman–Crippen MR) is 99.2 cm³/mol. The molecule has 25 heavy (non-hydrogen) atoms. The van der Waals surface area contributed by atoms with Gasteiger partial charge in [-0.25, -0.2) is 0 Å². The molecule has 0 radical (unpaired) electrons. The normalized spacial score (nSPS) is 10.7. The molecule has 0 heterocycles. The molecule has 0 spiro atoms. The summed E-state index contributed by atoms with van der Waals surface area (Å²) in [6.45, 7) is 4.40. The highest BCUT2D eigenvalue weighted by Crippen LogP contribution is 2.20. The second kappa shape index (κ2) is 8.41. The summed E-state index contributed by atoms with van der Waals surface area (Å²) in [7, 11) is 0. The molecule has 0 aliphatic heterocycles. The molecule has 0 unspecified atom stereocenters. The van der Waals surface area contributed by atoms with E-state index in [2.05, 4.69) is 10.6 Å². The fourth-order valence-corrected chi connectivity index (χ4v) is 2.09. The second-order valence-electron chi connectivity index (χ2n) is 5.32. The first-order valence-electron chi connectivity index (χ1n) is 7.80. The summed E-state index contributed by atoms with van der Waals surface area (Å²) in [6.07, 6.45) is 1.34. The van der Waals surface area contributed by atoms with Crippen LogP contribution in [-0.2, 0) is 4.79 Å². The number of hydrogen-bond donors (Lipinski definition) is 3. The van der Waals surface area contributed by atoms with E-state index in [-0.39, 0.29) is 5.57 Å². The van der Waals surface area contributed by atoms with Gasteiger partial charge in [0.2, 0.25) is 0 Å². The summed E-state index contributed by atoms with van der Waals surface area (Å²) >= 11 is 0. The van der Waals surface area contributed by atoms with Crippen LogP contribution in [0.25, 0.3) is 0 Å². The van der Waals surface area contributed by atoms with Crippen molar-refractivity contribution >= 4 is 23.0 Å². The topological polar surface area (TPSA) is 100 Å². The molecule has 2 aromatic rings. The number of carbonyl (C=O) groups is 1. The van der Waals surface area contributed by atoms with Gasteiger partial charge in [0.15, 0.2) is 0 Å². The van der Waals surface area contributed by atoms with Gasteiger partial charge in [0.05, 0.1) is 18.0 Å². The minimum atomic E-state index is -0.509. The third-order valence-electron chi connectivity index (χ3n) is 3.37. The fraction of sp³-hybridized carbons (Fsp3) is 0.158. The summed E-state index contributed by atoms with van der Waals surface area (Å²) in [4.78, 5) is 12.2. The van der Waals surface area contributed by atoms with Crippen LogP contribution in [0.1, 0.15) is 12.5 Å². The van der Waals surface area contributed by atoms with E-state index in [1.807, 2.05) is 32.0 Å². The molecule has 6 nitrogen and oxygen atoms in total. The minimum absolute atomic E-state index is 0.0604. The number of nitrogens with two attached hydrogens (primary N) is 1. The lowest BCUT2D eigenvalue weighted by molar-refractivity contribution is -0.112. The van der Waals surface area contributed by atoms with Crippen molar-refractivity contribution in [2.75, 3.05) is 23.0 Å². The molecule has 2 rings (SSSR count). The Morgan fingerprint density at radius 3 is 2.64 bits per heavy atom. The van der Waals surface area contributed by atoms with Crippen LogP contribution in [-0.4, -0.2) is 12.5 Å². The van der Waals surface area contributed by atoms with Crippen LogP contribution >= 0.6 is 0 Å². The van der Waals surface area contributed by atoms with Gasteiger partial charge in [-0.3, -0.25) is 4.79 Å². The van der Waals surface area contributed by atoms with Crippen molar-refractivity contribution in [2.45, 2.75) is 13.8 Å². The molecule has 2 aromatic carbocycles. The van der Waals surface area contributed by atoms with Crippen LogP contribution in [0, 0.1) is 18.3 Å². The third-order valence-corrected chi connectivity index (χ3v) is 3.37. The number of ether oxygens (including phenoxy) is 1. The highest BCUT2D eigenvalue weighted by atomic mass is 16.5. The number of hydrogen-bond acceptors (Lipinski definition) is 5. The average molecular weight is 336 g/mol. The van der Waals surface area contributed by atoms with Crippen molar-refractivity contribution in [3.05, 3.63) is 59.8 Å². The van der Waals surface area contributed by atoms with E-state index in [1.54, 1.807) is 30.3 Å². The monoisotopic (exact) mass is 336 g/mol. The largest absolute Gasteiger partial charge is 0.494 e. The number of carbonyl (C=O) groups excluding carboxylic acids is 1. The SMILES string of the molecule is CCOc1ccc(NC(=O)/C(C#N)=C\Nc2cc(C)ccc2N)cc1. The predicted octanol–water partition coefficient (Wildman–Crippen LogP) is 3.43. The van der Waals surface area contributed by atoms with Crippen LogP contribution in [0.15, 0.2) is 54.2 Å². The van der Waals surface area contributed by atoms with E-state index >= 15 is 0 Å². The Balaban J connectivity index is 2.07. The van der Waals surface area contributed by atoms with Gasteiger partial charge in [0.1, 0.15) is 17.4 Å². The van der Waals surface area contributed by atoms with Crippen LogP contribution in [0.3, 0.4) is 0 Å². The maximum absolute atomic E-state index is 12.2. The Labute approximate surface area is 146 Å². The summed E-state index contributed by atoms with van der Waals surface area (Å²) in [6, 6.07) is 14.3. The number of rotatable bonds is 6. The van der Waals surface area contributed by atoms with Gasteiger partial charge in [0, 0.05) is 11.9 Å². The van der Waals surface area contributed by atoms with Crippen molar-refractivity contribution in [3.8, 4) is 11.8 Å². The molecular weight excluding hydrogens is 316 g/mol. The molecule has 6 heteroatoms. The zero-order valence-corrected chi connectivity index (χ0v) is 14.2. The smallest absolute Gasteiger partial charge is 0.267 e. The molecule has 0 saturated heterocycles. The van der Waals surface area contributed by atoms with Gasteiger partial charge in [-0.15, -0.1) is 0 Å². The first-order chi connectivity index (χ1) is 12.0. The summed E-state index contributed by atoms with van der Waals surface area (Å²) in [5.74, 6) is 0.207. The highest BCUT2D eigenvalue weighted by Gasteiger charge is 2.10. The Morgan fingerprint density at radius 1 is 1.28 bits per heavy atom. The van der Waals surface area contributed by atoms with Crippen LogP contribution in [0.5, 0.6) is 5.75 Å². The van der Waals surface area contributed by atoms with Crippen LogP contribution in [0.2, 0.25) is 0 Å². The maximum Gasteiger partial charge on any atom is 0.267 e. The van der Waals surface area contributed by atoms with E-state index in [4.69, 9.17) is 10.5 Å². The third kappa shape index (κ3) is 5.01. The first-order valence-corrected chi connectivity index (χ1v) is 7.80. The molecule has 4 N–H and O–H groups in total. The van der Waals surface area contributed by atoms with Crippen molar-refractivity contribution in [3.63, 3.8) is 0 Å². The number of amides is 1. The number of nitrogens with one attached hydrogen (secondary N) is 2. The van der Waals surface area contributed by atoms with Crippen molar-refractivity contribution in [2.24, 2.45) is 0 Å².